The fourth-order valence-electron chi connectivity index (χ4n) is 1.96. The van der Waals surface area contributed by atoms with Crippen molar-refractivity contribution in [2.45, 2.75) is 10.6 Å². The van der Waals surface area contributed by atoms with E-state index in [-0.39, 0.29) is 0 Å². The summed E-state index contributed by atoms with van der Waals surface area (Å²) in [6.07, 6.45) is 0. The number of carbonyl (C=O) groups is 2. The highest BCUT2D eigenvalue weighted by Crippen LogP contribution is 2.32. The van der Waals surface area contributed by atoms with E-state index < -0.39 is 11.9 Å². The van der Waals surface area contributed by atoms with Crippen LogP contribution in [0.1, 0.15) is 26.3 Å². The average Bonchev–Trinajstić information content (AvgIpc) is 2.74. The highest BCUT2D eigenvalue weighted by atomic mass is 32.2. The SMILES string of the molecule is O=C1OC(=O)c2c(SCc3ccccc3)cccc21. The van der Waals surface area contributed by atoms with Crippen LogP contribution in [0.2, 0.25) is 0 Å². The molecule has 2 aromatic carbocycles. The van der Waals surface area contributed by atoms with Gasteiger partial charge in [0.15, 0.2) is 0 Å². The first-order valence-electron chi connectivity index (χ1n) is 5.82. The Balaban J connectivity index is 1.87. The summed E-state index contributed by atoms with van der Waals surface area (Å²) in [5.74, 6) is -0.350. The van der Waals surface area contributed by atoms with Crippen molar-refractivity contribution in [3.8, 4) is 0 Å². The van der Waals surface area contributed by atoms with E-state index in [1.807, 2.05) is 36.4 Å². The molecule has 0 N–H and O–H groups in total. The zero-order valence-corrected chi connectivity index (χ0v) is 10.8. The van der Waals surface area contributed by atoms with Gasteiger partial charge in [0.2, 0.25) is 0 Å². The van der Waals surface area contributed by atoms with E-state index in [2.05, 4.69) is 4.74 Å². The topological polar surface area (TPSA) is 43.4 Å². The summed E-state index contributed by atoms with van der Waals surface area (Å²) in [5.41, 5.74) is 1.93. The van der Waals surface area contributed by atoms with Gasteiger partial charge in [-0.3, -0.25) is 0 Å². The fourth-order valence-corrected chi connectivity index (χ4v) is 2.98. The largest absolute Gasteiger partial charge is 0.386 e. The normalized spacial score (nSPS) is 13.3. The number of hydrogen-bond donors (Lipinski definition) is 0. The molecule has 4 heteroatoms. The lowest BCUT2D eigenvalue weighted by Crippen LogP contribution is -1.97. The number of carbonyl (C=O) groups excluding carboxylic acids is 2. The number of ether oxygens (including phenoxy) is 1. The quantitative estimate of drug-likeness (QED) is 0.487. The molecule has 0 aliphatic carbocycles. The van der Waals surface area contributed by atoms with Crippen LogP contribution < -0.4 is 0 Å². The molecule has 0 spiro atoms. The second-order valence-corrected chi connectivity index (χ2v) is 5.15. The van der Waals surface area contributed by atoms with E-state index in [1.54, 1.807) is 12.1 Å². The van der Waals surface area contributed by atoms with Gasteiger partial charge in [0.05, 0.1) is 11.1 Å². The first kappa shape index (κ1) is 12.0. The van der Waals surface area contributed by atoms with Crippen LogP contribution in [0.5, 0.6) is 0 Å². The summed E-state index contributed by atoms with van der Waals surface area (Å²) >= 11 is 1.53. The Morgan fingerprint density at radius 3 is 2.47 bits per heavy atom. The lowest BCUT2D eigenvalue weighted by atomic mass is 10.1. The molecule has 1 aliphatic rings. The van der Waals surface area contributed by atoms with Gasteiger partial charge in [0, 0.05) is 10.6 Å². The van der Waals surface area contributed by atoms with Gasteiger partial charge in [-0.1, -0.05) is 36.4 Å². The van der Waals surface area contributed by atoms with E-state index in [1.165, 1.54) is 17.3 Å². The first-order valence-corrected chi connectivity index (χ1v) is 6.80. The zero-order valence-electron chi connectivity index (χ0n) is 9.96. The highest BCUT2D eigenvalue weighted by molar-refractivity contribution is 7.98. The number of thioether (sulfide) groups is 1. The predicted octanol–water partition coefficient (Wildman–Crippen LogP) is 3.29. The lowest BCUT2D eigenvalue weighted by Gasteiger charge is -2.04. The van der Waals surface area contributed by atoms with Crippen molar-refractivity contribution >= 4 is 23.7 Å². The molecular formula is C15H10O3S. The number of benzene rings is 2. The van der Waals surface area contributed by atoms with Crippen molar-refractivity contribution in [2.24, 2.45) is 0 Å². The molecule has 2 aromatic rings. The summed E-state index contributed by atoms with van der Waals surface area (Å²) in [6.45, 7) is 0. The standard InChI is InChI=1S/C15H10O3S/c16-14-11-7-4-8-12(13(11)15(17)18-14)19-9-10-5-2-1-3-6-10/h1-8H,9H2. The molecule has 0 aromatic heterocycles. The minimum atomic E-state index is -0.554. The van der Waals surface area contributed by atoms with E-state index in [4.69, 9.17) is 0 Å². The number of fused-ring (bicyclic) bond motifs is 1. The molecule has 0 saturated carbocycles. The van der Waals surface area contributed by atoms with Gasteiger partial charge < -0.3 is 4.74 Å². The Bertz CT molecular complexity index is 650. The van der Waals surface area contributed by atoms with Crippen LogP contribution >= 0.6 is 11.8 Å². The van der Waals surface area contributed by atoms with Gasteiger partial charge in [-0.15, -0.1) is 11.8 Å². The molecule has 0 radical (unpaired) electrons. The third-order valence-corrected chi connectivity index (χ3v) is 4.00. The maximum Gasteiger partial charge on any atom is 0.348 e. The molecular weight excluding hydrogens is 260 g/mol. The van der Waals surface area contributed by atoms with Crippen molar-refractivity contribution in [2.75, 3.05) is 0 Å². The molecule has 0 fully saturated rings. The number of esters is 2. The van der Waals surface area contributed by atoms with Gasteiger partial charge >= 0.3 is 11.9 Å². The zero-order chi connectivity index (χ0) is 13.2. The molecule has 3 rings (SSSR count). The maximum absolute atomic E-state index is 11.7. The van der Waals surface area contributed by atoms with Crippen molar-refractivity contribution in [3.05, 3.63) is 65.2 Å². The maximum atomic E-state index is 11.7. The molecule has 3 nitrogen and oxygen atoms in total. The van der Waals surface area contributed by atoms with E-state index in [0.717, 1.165) is 10.6 Å². The molecule has 0 unspecified atom stereocenters. The highest BCUT2D eigenvalue weighted by Gasteiger charge is 2.31. The number of hydrogen-bond acceptors (Lipinski definition) is 4. The van der Waals surface area contributed by atoms with Gasteiger partial charge in [0.1, 0.15) is 0 Å². The molecule has 0 bridgehead atoms. The number of cyclic esters (lactones) is 2. The molecule has 0 saturated heterocycles. The van der Waals surface area contributed by atoms with Crippen LogP contribution in [0.4, 0.5) is 0 Å². The summed E-state index contributed by atoms with van der Waals surface area (Å²) < 4.78 is 4.63. The second kappa shape index (κ2) is 4.90. The Morgan fingerprint density at radius 2 is 1.68 bits per heavy atom. The average molecular weight is 270 g/mol. The minimum absolute atomic E-state index is 0.364. The fraction of sp³-hybridized carbons (Fsp3) is 0.0667. The van der Waals surface area contributed by atoms with Crippen LogP contribution in [-0.2, 0) is 10.5 Å². The van der Waals surface area contributed by atoms with Crippen LogP contribution in [0.25, 0.3) is 0 Å². The minimum Gasteiger partial charge on any atom is -0.386 e. The van der Waals surface area contributed by atoms with Crippen molar-refractivity contribution in [1.82, 2.24) is 0 Å². The third-order valence-electron chi connectivity index (χ3n) is 2.87. The Labute approximate surface area is 114 Å². The summed E-state index contributed by atoms with van der Waals surface area (Å²) in [5, 5.41) is 0. The van der Waals surface area contributed by atoms with Gasteiger partial charge in [-0.25, -0.2) is 9.59 Å². The smallest absolute Gasteiger partial charge is 0.348 e. The monoisotopic (exact) mass is 270 g/mol. The van der Waals surface area contributed by atoms with Gasteiger partial charge in [-0.2, -0.15) is 0 Å². The second-order valence-electron chi connectivity index (χ2n) is 4.13. The van der Waals surface area contributed by atoms with Crippen LogP contribution in [0.3, 0.4) is 0 Å². The molecule has 94 valence electrons. The van der Waals surface area contributed by atoms with Gasteiger partial charge in [-0.05, 0) is 17.7 Å². The molecule has 0 amide bonds. The Hall–Kier alpha value is -2.07. The van der Waals surface area contributed by atoms with Crippen LogP contribution in [-0.4, -0.2) is 11.9 Å². The van der Waals surface area contributed by atoms with Crippen molar-refractivity contribution < 1.29 is 14.3 Å². The van der Waals surface area contributed by atoms with Crippen molar-refractivity contribution in [1.29, 1.82) is 0 Å². The summed E-state index contributed by atoms with van der Waals surface area (Å²) in [7, 11) is 0. The van der Waals surface area contributed by atoms with Crippen molar-refractivity contribution in [3.63, 3.8) is 0 Å². The summed E-state index contributed by atoms with van der Waals surface area (Å²) in [6, 6.07) is 15.2. The molecule has 1 aliphatic heterocycles. The molecule has 0 atom stereocenters. The van der Waals surface area contributed by atoms with E-state index in [0.29, 0.717) is 11.1 Å². The first-order chi connectivity index (χ1) is 9.25. The predicted molar refractivity (Wildman–Crippen MR) is 72.2 cm³/mol. The van der Waals surface area contributed by atoms with Crippen LogP contribution in [0.15, 0.2) is 53.4 Å². The number of rotatable bonds is 3. The van der Waals surface area contributed by atoms with Gasteiger partial charge in [0.25, 0.3) is 0 Å². The van der Waals surface area contributed by atoms with E-state index in [9.17, 15) is 9.59 Å². The lowest BCUT2D eigenvalue weighted by molar-refractivity contribution is 0.0442. The molecule has 19 heavy (non-hydrogen) atoms. The van der Waals surface area contributed by atoms with E-state index >= 15 is 0 Å². The Kier molecular flexibility index (Phi) is 3.09. The van der Waals surface area contributed by atoms with Crippen LogP contribution in [0, 0.1) is 0 Å². The Morgan fingerprint density at radius 1 is 0.895 bits per heavy atom. The summed E-state index contributed by atoms with van der Waals surface area (Å²) in [4.78, 5) is 23.9. The molecule has 1 heterocycles. The third kappa shape index (κ3) is 2.27.